The van der Waals surface area contributed by atoms with Crippen molar-refractivity contribution in [3.63, 3.8) is 0 Å². The molecule has 1 atom stereocenters. The Kier molecular flexibility index (Phi) is 4.45. The van der Waals surface area contributed by atoms with Crippen molar-refractivity contribution in [2.75, 3.05) is 13.6 Å². The fourth-order valence-corrected chi connectivity index (χ4v) is 4.11. The quantitative estimate of drug-likeness (QED) is 0.729. The average molecular weight is 365 g/mol. The molecule has 1 aromatic carbocycles. The van der Waals surface area contributed by atoms with E-state index in [-0.39, 0.29) is 6.04 Å². The number of nitrogens with two attached hydrogens (primary N) is 1. The molecular formula is C16H17BrN2OS. The van der Waals surface area contributed by atoms with Gasteiger partial charge in [0.25, 0.3) is 0 Å². The molecule has 0 aliphatic carbocycles. The van der Waals surface area contributed by atoms with Crippen LogP contribution in [-0.2, 0) is 6.54 Å². The minimum atomic E-state index is 0.148. The summed E-state index contributed by atoms with van der Waals surface area (Å²) >= 11 is 5.25. The van der Waals surface area contributed by atoms with Crippen LogP contribution in [0.25, 0.3) is 11.0 Å². The summed E-state index contributed by atoms with van der Waals surface area (Å²) in [4.78, 5) is 3.59. The summed E-state index contributed by atoms with van der Waals surface area (Å²) in [5.41, 5.74) is 8.10. The Labute approximate surface area is 136 Å². The van der Waals surface area contributed by atoms with Gasteiger partial charge >= 0.3 is 0 Å². The van der Waals surface area contributed by atoms with Gasteiger partial charge in [0.15, 0.2) is 0 Å². The van der Waals surface area contributed by atoms with Gasteiger partial charge in [0.05, 0.1) is 12.3 Å². The highest BCUT2D eigenvalue weighted by Gasteiger charge is 2.20. The summed E-state index contributed by atoms with van der Waals surface area (Å²) in [6.45, 7) is 1.43. The molecule has 3 nitrogen and oxygen atoms in total. The highest BCUT2D eigenvalue weighted by atomic mass is 79.9. The van der Waals surface area contributed by atoms with Crippen LogP contribution < -0.4 is 5.73 Å². The monoisotopic (exact) mass is 364 g/mol. The lowest BCUT2D eigenvalue weighted by Crippen LogP contribution is -2.29. The standard InChI is InChI=1S/C16H17BrN2OS/c1-19(8-12-6-11(17)10-21-12)15(7-18)14-9-20-16-5-3-2-4-13(14)16/h2-6,9-10,15H,7-8,18H2,1H3. The largest absolute Gasteiger partial charge is 0.464 e. The van der Waals surface area contributed by atoms with Gasteiger partial charge in [-0.1, -0.05) is 18.2 Å². The number of thiophene rings is 1. The van der Waals surface area contributed by atoms with Crippen LogP contribution >= 0.6 is 27.3 Å². The van der Waals surface area contributed by atoms with Gasteiger partial charge in [-0.2, -0.15) is 0 Å². The number of rotatable bonds is 5. The van der Waals surface area contributed by atoms with Gasteiger partial charge in [-0.15, -0.1) is 11.3 Å². The van der Waals surface area contributed by atoms with Gasteiger partial charge in [-0.05, 0) is 35.1 Å². The first-order chi connectivity index (χ1) is 10.2. The second-order valence-corrected chi connectivity index (χ2v) is 7.00. The van der Waals surface area contributed by atoms with Gasteiger partial charge in [0.1, 0.15) is 5.58 Å². The van der Waals surface area contributed by atoms with E-state index < -0.39 is 0 Å². The van der Waals surface area contributed by atoms with E-state index in [2.05, 4.69) is 45.4 Å². The third-order valence-electron chi connectivity index (χ3n) is 3.65. The first kappa shape index (κ1) is 14.8. The lowest BCUT2D eigenvalue weighted by Gasteiger charge is -2.26. The van der Waals surface area contributed by atoms with E-state index in [0.717, 1.165) is 27.6 Å². The topological polar surface area (TPSA) is 42.4 Å². The van der Waals surface area contributed by atoms with E-state index in [4.69, 9.17) is 10.2 Å². The minimum absolute atomic E-state index is 0.148. The molecule has 2 aromatic heterocycles. The van der Waals surface area contributed by atoms with Crippen LogP contribution in [-0.4, -0.2) is 18.5 Å². The van der Waals surface area contributed by atoms with Crippen molar-refractivity contribution in [2.24, 2.45) is 5.73 Å². The maximum absolute atomic E-state index is 6.03. The van der Waals surface area contributed by atoms with E-state index in [9.17, 15) is 0 Å². The van der Waals surface area contributed by atoms with Gasteiger partial charge in [-0.25, -0.2) is 0 Å². The zero-order valence-electron chi connectivity index (χ0n) is 11.8. The number of furan rings is 1. The molecule has 1 unspecified atom stereocenters. The number of para-hydroxylation sites is 1. The number of halogens is 1. The number of benzene rings is 1. The van der Waals surface area contributed by atoms with Crippen molar-refractivity contribution < 1.29 is 4.42 Å². The highest BCUT2D eigenvalue weighted by Crippen LogP contribution is 2.30. The Morgan fingerprint density at radius 2 is 2.19 bits per heavy atom. The lowest BCUT2D eigenvalue weighted by atomic mass is 10.0. The van der Waals surface area contributed by atoms with Gasteiger partial charge in [0, 0.05) is 38.8 Å². The first-order valence-electron chi connectivity index (χ1n) is 6.78. The SMILES string of the molecule is CN(Cc1cc(Br)cs1)C(CN)c1coc2ccccc12. The predicted molar refractivity (Wildman–Crippen MR) is 91.5 cm³/mol. The maximum atomic E-state index is 6.03. The third-order valence-corrected chi connectivity index (χ3v) is 5.33. The molecule has 0 aliphatic rings. The molecule has 0 bridgehead atoms. The maximum Gasteiger partial charge on any atom is 0.134 e. The van der Waals surface area contributed by atoms with Crippen molar-refractivity contribution in [1.29, 1.82) is 0 Å². The summed E-state index contributed by atoms with van der Waals surface area (Å²) in [7, 11) is 2.10. The normalized spacial score (nSPS) is 13.1. The fourth-order valence-electron chi connectivity index (χ4n) is 2.59. The van der Waals surface area contributed by atoms with Crippen LogP contribution in [0.4, 0.5) is 0 Å². The zero-order chi connectivity index (χ0) is 14.8. The van der Waals surface area contributed by atoms with Gasteiger partial charge in [-0.3, -0.25) is 4.90 Å². The van der Waals surface area contributed by atoms with Crippen LogP contribution in [0, 0.1) is 0 Å². The molecule has 2 heterocycles. The molecule has 110 valence electrons. The predicted octanol–water partition coefficient (Wildman–Crippen LogP) is 4.39. The lowest BCUT2D eigenvalue weighted by molar-refractivity contribution is 0.244. The van der Waals surface area contributed by atoms with E-state index in [0.29, 0.717) is 6.54 Å². The average Bonchev–Trinajstić information content (AvgIpc) is 3.07. The van der Waals surface area contributed by atoms with E-state index in [1.54, 1.807) is 11.3 Å². The smallest absolute Gasteiger partial charge is 0.134 e. The molecule has 0 radical (unpaired) electrons. The number of fused-ring (bicyclic) bond motifs is 1. The number of nitrogens with zero attached hydrogens (tertiary/aromatic N) is 1. The zero-order valence-corrected chi connectivity index (χ0v) is 14.2. The van der Waals surface area contributed by atoms with Crippen LogP contribution in [0.5, 0.6) is 0 Å². The molecule has 0 spiro atoms. The molecule has 0 aliphatic heterocycles. The molecule has 0 fully saturated rings. The summed E-state index contributed by atoms with van der Waals surface area (Å²) in [6.07, 6.45) is 1.84. The molecular weight excluding hydrogens is 348 g/mol. The molecule has 5 heteroatoms. The summed E-state index contributed by atoms with van der Waals surface area (Å²) < 4.78 is 6.78. The van der Waals surface area contributed by atoms with E-state index in [1.807, 2.05) is 24.5 Å². The third kappa shape index (κ3) is 3.06. The van der Waals surface area contributed by atoms with Crippen molar-refractivity contribution in [2.45, 2.75) is 12.6 Å². The fraction of sp³-hybridized carbons (Fsp3) is 0.250. The van der Waals surface area contributed by atoms with Crippen molar-refractivity contribution >= 4 is 38.2 Å². The Balaban J connectivity index is 1.87. The summed E-state index contributed by atoms with van der Waals surface area (Å²) in [5.74, 6) is 0. The molecule has 0 amide bonds. The molecule has 2 N–H and O–H groups in total. The van der Waals surface area contributed by atoms with Crippen LogP contribution in [0.3, 0.4) is 0 Å². The minimum Gasteiger partial charge on any atom is -0.464 e. The number of hydrogen-bond donors (Lipinski definition) is 1. The first-order valence-corrected chi connectivity index (χ1v) is 8.45. The van der Waals surface area contributed by atoms with Crippen LogP contribution in [0.15, 0.2) is 50.9 Å². The van der Waals surface area contributed by atoms with Crippen LogP contribution in [0.2, 0.25) is 0 Å². The Hall–Kier alpha value is -1.14. The number of hydrogen-bond acceptors (Lipinski definition) is 4. The highest BCUT2D eigenvalue weighted by molar-refractivity contribution is 9.10. The van der Waals surface area contributed by atoms with Crippen molar-refractivity contribution in [3.05, 3.63) is 56.9 Å². The van der Waals surface area contributed by atoms with Crippen LogP contribution in [0.1, 0.15) is 16.5 Å². The molecule has 21 heavy (non-hydrogen) atoms. The Morgan fingerprint density at radius 1 is 1.38 bits per heavy atom. The van der Waals surface area contributed by atoms with Crippen molar-refractivity contribution in [3.8, 4) is 0 Å². The summed E-state index contributed by atoms with van der Waals surface area (Å²) in [5, 5.41) is 3.25. The molecule has 0 saturated carbocycles. The molecule has 3 aromatic rings. The van der Waals surface area contributed by atoms with E-state index >= 15 is 0 Å². The number of likely N-dealkylation sites (N-methyl/N-ethyl adjacent to an activating group) is 1. The second kappa shape index (κ2) is 6.32. The Morgan fingerprint density at radius 3 is 2.90 bits per heavy atom. The Bertz CT molecular complexity index is 737. The second-order valence-electron chi connectivity index (χ2n) is 5.09. The molecule has 0 saturated heterocycles. The van der Waals surface area contributed by atoms with Gasteiger partial charge < -0.3 is 10.2 Å². The summed E-state index contributed by atoms with van der Waals surface area (Å²) in [6, 6.07) is 10.4. The van der Waals surface area contributed by atoms with Gasteiger partial charge in [0.2, 0.25) is 0 Å². The van der Waals surface area contributed by atoms with Crippen molar-refractivity contribution in [1.82, 2.24) is 4.90 Å². The molecule has 3 rings (SSSR count). The van der Waals surface area contributed by atoms with E-state index in [1.165, 1.54) is 4.88 Å².